The van der Waals surface area contributed by atoms with Gasteiger partial charge in [-0.1, -0.05) is 13.8 Å². The van der Waals surface area contributed by atoms with Gasteiger partial charge in [-0.2, -0.15) is 0 Å². The van der Waals surface area contributed by atoms with Crippen molar-refractivity contribution in [3.8, 4) is 0 Å². The Balaban J connectivity index is 2.54. The first kappa shape index (κ1) is 11.2. The van der Waals surface area contributed by atoms with Crippen LogP contribution in [0.2, 0.25) is 0 Å². The van der Waals surface area contributed by atoms with Crippen LogP contribution in [0.25, 0.3) is 0 Å². The topological polar surface area (TPSA) is 29.9 Å². The van der Waals surface area contributed by atoms with Crippen molar-refractivity contribution < 1.29 is 0 Å². The summed E-state index contributed by atoms with van der Waals surface area (Å²) in [5.74, 6) is 0.759. The third-order valence-electron chi connectivity index (χ3n) is 2.46. The first-order valence-corrected chi connectivity index (χ1v) is 5.28. The molecule has 1 aromatic heterocycles. The van der Waals surface area contributed by atoms with Gasteiger partial charge >= 0.3 is 0 Å². The second-order valence-corrected chi connectivity index (χ2v) is 4.28. The molecule has 1 unspecified atom stereocenters. The average molecular weight is 195 g/mol. The first-order chi connectivity index (χ1) is 6.63. The molecule has 0 aromatic carbocycles. The zero-order valence-electron chi connectivity index (χ0n) is 9.62. The van der Waals surface area contributed by atoms with E-state index >= 15 is 0 Å². The van der Waals surface area contributed by atoms with E-state index in [0.29, 0.717) is 6.04 Å². The van der Waals surface area contributed by atoms with E-state index in [1.807, 2.05) is 25.0 Å². The summed E-state index contributed by atoms with van der Waals surface area (Å²) in [4.78, 5) is 4.37. The van der Waals surface area contributed by atoms with Gasteiger partial charge in [-0.15, -0.1) is 0 Å². The number of aromatic nitrogens is 2. The van der Waals surface area contributed by atoms with Crippen LogP contribution in [0.5, 0.6) is 0 Å². The van der Waals surface area contributed by atoms with Gasteiger partial charge in [0.2, 0.25) is 0 Å². The molecule has 0 aliphatic carbocycles. The van der Waals surface area contributed by atoms with E-state index in [0.717, 1.165) is 18.0 Å². The molecule has 0 radical (unpaired) electrons. The molecule has 3 heteroatoms. The number of rotatable bonds is 5. The van der Waals surface area contributed by atoms with Gasteiger partial charge in [0.25, 0.3) is 0 Å². The highest BCUT2D eigenvalue weighted by atomic mass is 15.0. The highest BCUT2D eigenvalue weighted by Gasteiger charge is 2.11. The van der Waals surface area contributed by atoms with E-state index in [-0.39, 0.29) is 0 Å². The minimum Gasteiger partial charge on any atom is -0.340 e. The largest absolute Gasteiger partial charge is 0.340 e. The molecule has 1 atom stereocenters. The van der Waals surface area contributed by atoms with E-state index in [1.165, 1.54) is 6.42 Å². The third-order valence-corrected chi connectivity index (χ3v) is 2.46. The number of aryl methyl sites for hydroxylation is 1. The summed E-state index contributed by atoms with van der Waals surface area (Å²) in [5.41, 5.74) is 1.15. The number of imidazole rings is 1. The van der Waals surface area contributed by atoms with Crippen LogP contribution in [0.4, 0.5) is 0 Å². The van der Waals surface area contributed by atoms with Gasteiger partial charge in [-0.05, 0) is 25.8 Å². The smallest absolute Gasteiger partial charge is 0.0947 e. The fourth-order valence-electron chi connectivity index (χ4n) is 1.55. The molecule has 3 nitrogen and oxygen atoms in total. The first-order valence-electron chi connectivity index (χ1n) is 5.28. The van der Waals surface area contributed by atoms with E-state index in [9.17, 15) is 0 Å². The van der Waals surface area contributed by atoms with Crippen LogP contribution in [-0.4, -0.2) is 16.6 Å². The molecule has 0 saturated carbocycles. The SMILES string of the molecule is CNC(CCC(C)C)c1cn(C)cn1. The lowest BCUT2D eigenvalue weighted by molar-refractivity contribution is 0.459. The van der Waals surface area contributed by atoms with Crippen molar-refractivity contribution >= 4 is 0 Å². The molecule has 0 spiro atoms. The molecule has 14 heavy (non-hydrogen) atoms. The summed E-state index contributed by atoms with van der Waals surface area (Å²) in [6.45, 7) is 4.51. The summed E-state index contributed by atoms with van der Waals surface area (Å²) in [6, 6.07) is 0.401. The molecule has 1 N–H and O–H groups in total. The normalized spacial score (nSPS) is 13.5. The van der Waals surface area contributed by atoms with Gasteiger partial charge in [0, 0.05) is 13.2 Å². The quantitative estimate of drug-likeness (QED) is 0.780. The molecule has 0 saturated heterocycles. The lowest BCUT2D eigenvalue weighted by Gasteiger charge is -2.14. The second kappa shape index (κ2) is 5.15. The Bertz CT molecular complexity index is 265. The zero-order valence-corrected chi connectivity index (χ0v) is 9.62. The molecule has 1 heterocycles. The Morgan fingerprint density at radius 2 is 2.14 bits per heavy atom. The Morgan fingerprint density at radius 3 is 2.57 bits per heavy atom. The number of nitrogens with one attached hydrogen (secondary N) is 1. The number of hydrogen-bond donors (Lipinski definition) is 1. The van der Waals surface area contributed by atoms with Gasteiger partial charge in [0.1, 0.15) is 0 Å². The van der Waals surface area contributed by atoms with Crippen LogP contribution < -0.4 is 5.32 Å². The Morgan fingerprint density at radius 1 is 1.43 bits per heavy atom. The minimum absolute atomic E-state index is 0.401. The predicted molar refractivity (Wildman–Crippen MR) is 59.1 cm³/mol. The molecule has 1 rings (SSSR count). The molecule has 0 fully saturated rings. The molecule has 0 amide bonds. The van der Waals surface area contributed by atoms with Crippen molar-refractivity contribution in [2.75, 3.05) is 7.05 Å². The van der Waals surface area contributed by atoms with E-state index in [2.05, 4.69) is 30.3 Å². The third kappa shape index (κ3) is 3.14. The van der Waals surface area contributed by atoms with Crippen molar-refractivity contribution in [2.24, 2.45) is 13.0 Å². The van der Waals surface area contributed by atoms with Gasteiger partial charge in [-0.3, -0.25) is 0 Å². The van der Waals surface area contributed by atoms with E-state index in [4.69, 9.17) is 0 Å². The molecular formula is C11H21N3. The highest BCUT2D eigenvalue weighted by molar-refractivity contribution is 5.03. The van der Waals surface area contributed by atoms with Gasteiger partial charge < -0.3 is 9.88 Å². The maximum absolute atomic E-state index is 4.37. The lowest BCUT2D eigenvalue weighted by Crippen LogP contribution is -2.17. The zero-order chi connectivity index (χ0) is 10.6. The Kier molecular flexibility index (Phi) is 4.14. The van der Waals surface area contributed by atoms with Gasteiger partial charge in [-0.25, -0.2) is 4.98 Å². The van der Waals surface area contributed by atoms with Crippen LogP contribution in [0, 0.1) is 5.92 Å². The van der Waals surface area contributed by atoms with Crippen molar-refractivity contribution in [1.82, 2.24) is 14.9 Å². The highest BCUT2D eigenvalue weighted by Crippen LogP contribution is 2.18. The number of hydrogen-bond acceptors (Lipinski definition) is 2. The van der Waals surface area contributed by atoms with Crippen LogP contribution in [0.3, 0.4) is 0 Å². The van der Waals surface area contributed by atoms with Crippen LogP contribution >= 0.6 is 0 Å². The van der Waals surface area contributed by atoms with Gasteiger partial charge in [0.15, 0.2) is 0 Å². The maximum Gasteiger partial charge on any atom is 0.0947 e. The average Bonchev–Trinajstić information content (AvgIpc) is 2.53. The maximum atomic E-state index is 4.37. The van der Waals surface area contributed by atoms with Crippen molar-refractivity contribution in [3.05, 3.63) is 18.2 Å². The van der Waals surface area contributed by atoms with Crippen molar-refractivity contribution in [2.45, 2.75) is 32.7 Å². The summed E-state index contributed by atoms with van der Waals surface area (Å²) >= 11 is 0. The van der Waals surface area contributed by atoms with E-state index < -0.39 is 0 Å². The van der Waals surface area contributed by atoms with Gasteiger partial charge in [0.05, 0.1) is 18.1 Å². The van der Waals surface area contributed by atoms with E-state index in [1.54, 1.807) is 0 Å². The molecule has 0 aliphatic rings. The summed E-state index contributed by atoms with van der Waals surface area (Å²) in [7, 11) is 4.01. The molecule has 0 bridgehead atoms. The summed E-state index contributed by atoms with van der Waals surface area (Å²) in [6.07, 6.45) is 6.34. The van der Waals surface area contributed by atoms with Crippen LogP contribution in [0.1, 0.15) is 38.4 Å². The fraction of sp³-hybridized carbons (Fsp3) is 0.727. The summed E-state index contributed by atoms with van der Waals surface area (Å²) in [5, 5.41) is 3.31. The van der Waals surface area contributed by atoms with Crippen molar-refractivity contribution in [1.29, 1.82) is 0 Å². The predicted octanol–water partition coefficient (Wildman–Crippen LogP) is 2.12. The molecule has 0 aliphatic heterocycles. The van der Waals surface area contributed by atoms with Crippen LogP contribution in [-0.2, 0) is 7.05 Å². The Labute approximate surface area is 86.5 Å². The molecule has 80 valence electrons. The van der Waals surface area contributed by atoms with Crippen LogP contribution in [0.15, 0.2) is 12.5 Å². The minimum atomic E-state index is 0.401. The fourth-order valence-corrected chi connectivity index (χ4v) is 1.55. The lowest BCUT2D eigenvalue weighted by atomic mass is 10.0. The van der Waals surface area contributed by atoms with Crippen molar-refractivity contribution in [3.63, 3.8) is 0 Å². The molecule has 1 aromatic rings. The standard InChI is InChI=1S/C11H21N3/c1-9(2)5-6-10(12-3)11-7-14(4)8-13-11/h7-10,12H,5-6H2,1-4H3. The Hall–Kier alpha value is -0.830. The molecular weight excluding hydrogens is 174 g/mol. The second-order valence-electron chi connectivity index (χ2n) is 4.28. The monoisotopic (exact) mass is 195 g/mol. The summed E-state index contributed by atoms with van der Waals surface area (Å²) < 4.78 is 2.00. The number of nitrogens with zero attached hydrogens (tertiary/aromatic N) is 2.